The van der Waals surface area contributed by atoms with Gasteiger partial charge in [0.2, 0.25) is 0 Å². The third-order valence-corrected chi connectivity index (χ3v) is 5.67. The van der Waals surface area contributed by atoms with E-state index in [9.17, 15) is 9.59 Å². The fourth-order valence-electron chi connectivity index (χ4n) is 4.25. The Labute approximate surface area is 180 Å². The molecule has 0 spiro atoms. The summed E-state index contributed by atoms with van der Waals surface area (Å²) in [7, 11) is 1.96. The molecule has 0 atom stereocenters. The van der Waals surface area contributed by atoms with Crippen LogP contribution < -0.4 is 14.4 Å². The Hall–Kier alpha value is -3.64. The second kappa shape index (κ2) is 7.89. The maximum atomic E-state index is 12.9. The Morgan fingerprint density at radius 3 is 2.00 bits per heavy atom. The zero-order valence-corrected chi connectivity index (χ0v) is 17.2. The van der Waals surface area contributed by atoms with Crippen LogP contribution in [0.1, 0.15) is 27.5 Å². The molecular weight excluding hydrogens is 392 g/mol. The van der Waals surface area contributed by atoms with Gasteiger partial charge in [-0.3, -0.25) is 19.4 Å². The Morgan fingerprint density at radius 1 is 0.871 bits per heavy atom. The van der Waals surface area contributed by atoms with Gasteiger partial charge in [-0.05, 0) is 24.2 Å². The van der Waals surface area contributed by atoms with Crippen LogP contribution in [0.15, 0.2) is 72.8 Å². The number of ether oxygens (including phenoxy) is 2. The second-order valence-corrected chi connectivity index (χ2v) is 7.70. The number of rotatable bonds is 5. The van der Waals surface area contributed by atoms with E-state index in [2.05, 4.69) is 29.2 Å². The van der Waals surface area contributed by atoms with E-state index in [-0.39, 0.29) is 12.7 Å². The third kappa shape index (κ3) is 3.45. The Balaban J connectivity index is 1.50. The Kier molecular flexibility index (Phi) is 4.92. The maximum absolute atomic E-state index is 12.9. The van der Waals surface area contributed by atoms with Crippen LogP contribution in [-0.2, 0) is 4.79 Å². The van der Waals surface area contributed by atoms with Gasteiger partial charge in [0, 0.05) is 6.07 Å². The van der Waals surface area contributed by atoms with Gasteiger partial charge in [0.15, 0.2) is 11.5 Å². The second-order valence-electron chi connectivity index (χ2n) is 7.70. The van der Waals surface area contributed by atoms with Crippen molar-refractivity contribution in [1.82, 2.24) is 4.90 Å². The molecule has 6 heteroatoms. The maximum Gasteiger partial charge on any atom is 0.300 e. The predicted octanol–water partition coefficient (Wildman–Crippen LogP) is 3.67. The van der Waals surface area contributed by atoms with Gasteiger partial charge in [-0.15, -0.1) is 0 Å². The van der Waals surface area contributed by atoms with Crippen molar-refractivity contribution in [3.8, 4) is 11.5 Å². The summed E-state index contributed by atoms with van der Waals surface area (Å²) < 4.78 is 11.3. The molecule has 0 saturated heterocycles. The zero-order chi connectivity index (χ0) is 21.4. The van der Waals surface area contributed by atoms with E-state index in [0.29, 0.717) is 36.0 Å². The molecule has 0 saturated carbocycles. The molecule has 0 radical (unpaired) electrons. The molecule has 5 rings (SSSR count). The SMILES string of the molecule is CN(CN1C(=O)C(=O)c2cc3c(cc21)OCCO3)C(c1ccccc1)c1ccccc1. The van der Waals surface area contributed by atoms with E-state index in [1.54, 1.807) is 12.1 Å². The zero-order valence-electron chi connectivity index (χ0n) is 17.2. The van der Waals surface area contributed by atoms with Gasteiger partial charge in [0.1, 0.15) is 13.2 Å². The fourth-order valence-corrected chi connectivity index (χ4v) is 4.25. The number of benzene rings is 3. The summed E-state index contributed by atoms with van der Waals surface area (Å²) in [5.74, 6) is 0.0102. The number of nitrogens with zero attached hydrogens (tertiary/aromatic N) is 2. The monoisotopic (exact) mass is 414 g/mol. The van der Waals surface area contributed by atoms with Gasteiger partial charge in [-0.1, -0.05) is 60.7 Å². The van der Waals surface area contributed by atoms with Crippen LogP contribution in [0, 0.1) is 0 Å². The molecule has 1 amide bonds. The molecule has 0 aliphatic carbocycles. The molecular formula is C25H22N2O4. The average molecular weight is 414 g/mol. The van der Waals surface area contributed by atoms with Crippen molar-refractivity contribution < 1.29 is 19.1 Å². The Bertz CT molecular complexity index is 1090. The number of ketones is 1. The van der Waals surface area contributed by atoms with Gasteiger partial charge in [-0.2, -0.15) is 0 Å². The molecule has 0 aromatic heterocycles. The first kappa shape index (κ1) is 19.3. The molecule has 3 aromatic rings. The van der Waals surface area contributed by atoms with E-state index >= 15 is 0 Å². The van der Waals surface area contributed by atoms with E-state index in [1.807, 2.05) is 43.4 Å². The van der Waals surface area contributed by atoms with Crippen molar-refractivity contribution in [2.75, 3.05) is 31.8 Å². The quantitative estimate of drug-likeness (QED) is 0.597. The summed E-state index contributed by atoms with van der Waals surface area (Å²) in [6.45, 7) is 1.12. The van der Waals surface area contributed by atoms with Crippen LogP contribution in [0.2, 0.25) is 0 Å². The highest BCUT2D eigenvalue weighted by molar-refractivity contribution is 6.52. The largest absolute Gasteiger partial charge is 0.486 e. The number of fused-ring (bicyclic) bond motifs is 2. The minimum atomic E-state index is -0.538. The molecule has 2 aliphatic heterocycles. The molecule has 0 N–H and O–H groups in total. The number of amides is 1. The van der Waals surface area contributed by atoms with Gasteiger partial charge in [0.05, 0.1) is 24.0 Å². The van der Waals surface area contributed by atoms with Gasteiger partial charge < -0.3 is 9.47 Å². The molecule has 0 bridgehead atoms. The van der Waals surface area contributed by atoms with Crippen LogP contribution in [0.25, 0.3) is 0 Å². The highest BCUT2D eigenvalue weighted by Gasteiger charge is 2.39. The van der Waals surface area contributed by atoms with Crippen molar-refractivity contribution in [2.24, 2.45) is 0 Å². The summed E-state index contributed by atoms with van der Waals surface area (Å²) in [6, 6.07) is 23.5. The van der Waals surface area contributed by atoms with Crippen LogP contribution in [0.5, 0.6) is 11.5 Å². The van der Waals surface area contributed by atoms with Crippen molar-refractivity contribution in [2.45, 2.75) is 6.04 Å². The van der Waals surface area contributed by atoms with Crippen LogP contribution in [0.3, 0.4) is 0 Å². The first-order chi connectivity index (χ1) is 15.1. The highest BCUT2D eigenvalue weighted by atomic mass is 16.6. The molecule has 156 valence electrons. The number of anilines is 1. The molecule has 31 heavy (non-hydrogen) atoms. The molecule has 2 aliphatic rings. The summed E-state index contributed by atoms with van der Waals surface area (Å²) in [5.41, 5.74) is 3.14. The summed E-state index contributed by atoms with van der Waals surface area (Å²) in [6.07, 6.45) is 0. The van der Waals surface area contributed by atoms with Gasteiger partial charge in [0.25, 0.3) is 5.78 Å². The highest BCUT2D eigenvalue weighted by Crippen LogP contribution is 2.41. The summed E-state index contributed by atoms with van der Waals surface area (Å²) in [5, 5.41) is 0. The topological polar surface area (TPSA) is 59.1 Å². The van der Waals surface area contributed by atoms with E-state index in [4.69, 9.17) is 9.47 Å². The first-order valence-electron chi connectivity index (χ1n) is 10.2. The van der Waals surface area contributed by atoms with Crippen LogP contribution >= 0.6 is 0 Å². The summed E-state index contributed by atoms with van der Waals surface area (Å²) >= 11 is 0. The van der Waals surface area contributed by atoms with E-state index < -0.39 is 11.7 Å². The standard InChI is InChI=1S/C25H22N2O4/c1-26(23(17-8-4-2-5-9-17)18-10-6-3-7-11-18)16-27-20-15-22-21(30-12-13-31-22)14-19(20)24(28)25(27)29/h2-11,14-15,23H,12-13,16H2,1H3. The van der Waals surface area contributed by atoms with Gasteiger partial charge >= 0.3 is 5.91 Å². The number of carbonyl (C=O) groups excluding carboxylic acids is 2. The van der Waals surface area contributed by atoms with Crippen molar-refractivity contribution in [1.29, 1.82) is 0 Å². The molecule has 2 heterocycles. The first-order valence-corrected chi connectivity index (χ1v) is 10.2. The van der Waals surface area contributed by atoms with Crippen LogP contribution in [-0.4, -0.2) is 43.5 Å². The van der Waals surface area contributed by atoms with Crippen LogP contribution in [0.4, 0.5) is 5.69 Å². The van der Waals surface area contributed by atoms with Crippen molar-refractivity contribution in [3.63, 3.8) is 0 Å². The van der Waals surface area contributed by atoms with E-state index in [1.165, 1.54) is 4.90 Å². The number of hydrogen-bond donors (Lipinski definition) is 0. The lowest BCUT2D eigenvalue weighted by Gasteiger charge is -2.32. The lowest BCUT2D eigenvalue weighted by Crippen LogP contribution is -2.41. The van der Waals surface area contributed by atoms with Crippen molar-refractivity contribution >= 4 is 17.4 Å². The minimum absolute atomic E-state index is 0.0773. The number of carbonyl (C=O) groups is 2. The normalized spacial score (nSPS) is 15.0. The third-order valence-electron chi connectivity index (χ3n) is 5.67. The molecule has 6 nitrogen and oxygen atoms in total. The summed E-state index contributed by atoms with van der Waals surface area (Å²) in [4.78, 5) is 29.1. The predicted molar refractivity (Wildman–Crippen MR) is 117 cm³/mol. The average Bonchev–Trinajstić information content (AvgIpc) is 3.03. The van der Waals surface area contributed by atoms with Crippen molar-refractivity contribution in [3.05, 3.63) is 89.5 Å². The minimum Gasteiger partial charge on any atom is -0.486 e. The Morgan fingerprint density at radius 2 is 1.42 bits per heavy atom. The molecule has 3 aromatic carbocycles. The van der Waals surface area contributed by atoms with E-state index in [0.717, 1.165) is 11.1 Å². The lowest BCUT2D eigenvalue weighted by atomic mass is 9.98. The van der Waals surface area contributed by atoms with Gasteiger partial charge in [-0.25, -0.2) is 0 Å². The number of hydrogen-bond acceptors (Lipinski definition) is 5. The fraction of sp³-hybridized carbons (Fsp3) is 0.200. The molecule has 0 unspecified atom stereocenters. The lowest BCUT2D eigenvalue weighted by molar-refractivity contribution is -0.114. The molecule has 0 fully saturated rings. The smallest absolute Gasteiger partial charge is 0.300 e. The number of Topliss-reactive ketones (excluding diaryl/α,β-unsaturated/α-hetero) is 1.